The zero-order chi connectivity index (χ0) is 27.1. The fourth-order valence-electron chi connectivity index (χ4n) is 3.66. The van der Waals surface area contributed by atoms with Gasteiger partial charge in [0.1, 0.15) is 17.0 Å². The van der Waals surface area contributed by atoms with E-state index in [-0.39, 0.29) is 17.7 Å². The van der Waals surface area contributed by atoms with E-state index >= 15 is 0 Å². The van der Waals surface area contributed by atoms with Crippen molar-refractivity contribution < 1.29 is 52.3 Å². The molecule has 1 aromatic rings. The molecule has 3 unspecified atom stereocenters. The molecule has 1 saturated heterocycles. The summed E-state index contributed by atoms with van der Waals surface area (Å²) in [7, 11) is 0. The summed E-state index contributed by atoms with van der Waals surface area (Å²) in [4.78, 5) is 47.1. The predicted molar refractivity (Wildman–Crippen MR) is 132 cm³/mol. The number of esters is 4. The number of nitrogens with one attached hydrogen (secondary N) is 1. The van der Waals surface area contributed by atoms with E-state index in [9.17, 15) is 19.2 Å². The van der Waals surface area contributed by atoms with Crippen molar-refractivity contribution >= 4 is 52.2 Å². The number of ether oxygens (including phenoxy) is 7. The number of hydrogen-bond donors (Lipinski definition) is 1. The zero-order valence-electron chi connectivity index (χ0n) is 20.5. The number of carbonyl (C=O) groups excluding carboxylic acids is 4. The maximum atomic E-state index is 11.9. The van der Waals surface area contributed by atoms with Gasteiger partial charge in [-0.15, -0.1) is 0 Å². The third-order valence-electron chi connectivity index (χ3n) is 5.05. The van der Waals surface area contributed by atoms with E-state index in [1.807, 2.05) is 12.1 Å². The highest BCUT2D eigenvalue weighted by atomic mass is 32.2. The molecule has 14 heteroatoms. The van der Waals surface area contributed by atoms with Crippen LogP contribution in [0.1, 0.15) is 33.3 Å². The molecular weight excluding hydrogens is 530 g/mol. The van der Waals surface area contributed by atoms with E-state index < -0.39 is 53.7 Å². The molecule has 2 heterocycles. The van der Waals surface area contributed by atoms with Gasteiger partial charge in [0.15, 0.2) is 35.2 Å². The van der Waals surface area contributed by atoms with Gasteiger partial charge >= 0.3 is 23.9 Å². The van der Waals surface area contributed by atoms with Crippen LogP contribution in [0.15, 0.2) is 18.2 Å². The van der Waals surface area contributed by atoms with E-state index in [1.54, 1.807) is 6.07 Å². The Morgan fingerprint density at radius 1 is 0.919 bits per heavy atom. The van der Waals surface area contributed by atoms with Crippen LogP contribution in [0.3, 0.4) is 0 Å². The van der Waals surface area contributed by atoms with Gasteiger partial charge in [-0.2, -0.15) is 0 Å². The van der Waals surface area contributed by atoms with Crippen molar-refractivity contribution in [2.75, 3.05) is 13.4 Å². The third kappa shape index (κ3) is 8.20. The van der Waals surface area contributed by atoms with Gasteiger partial charge in [0.05, 0.1) is 0 Å². The summed E-state index contributed by atoms with van der Waals surface area (Å²) in [5.41, 5.74) is -0.133. The third-order valence-corrected chi connectivity index (χ3v) is 6.45. The average molecular weight is 558 g/mol. The van der Waals surface area contributed by atoms with Crippen LogP contribution in [0.25, 0.3) is 0 Å². The first kappa shape index (κ1) is 28.5. The molecule has 0 saturated carbocycles. The van der Waals surface area contributed by atoms with Gasteiger partial charge in [0, 0.05) is 34.2 Å². The van der Waals surface area contributed by atoms with E-state index in [2.05, 4.69) is 5.32 Å². The molecule has 202 valence electrons. The van der Waals surface area contributed by atoms with Gasteiger partial charge in [0.25, 0.3) is 0 Å². The van der Waals surface area contributed by atoms with Crippen molar-refractivity contribution in [2.24, 2.45) is 0 Å². The Morgan fingerprint density at radius 3 is 2.19 bits per heavy atom. The fourth-order valence-corrected chi connectivity index (χ4v) is 4.92. The predicted octanol–water partition coefficient (Wildman–Crippen LogP) is 1.61. The molecule has 1 N–H and O–H groups in total. The topological polar surface area (TPSA) is 145 Å². The maximum absolute atomic E-state index is 11.9. The van der Waals surface area contributed by atoms with Crippen LogP contribution in [-0.4, -0.2) is 71.4 Å². The highest BCUT2D eigenvalue weighted by molar-refractivity contribution is 8.23. The van der Waals surface area contributed by atoms with Gasteiger partial charge in [-0.1, -0.05) is 30.0 Å². The Labute approximate surface area is 222 Å². The van der Waals surface area contributed by atoms with E-state index in [4.69, 9.17) is 45.4 Å². The minimum absolute atomic E-state index is 0.156. The molecule has 1 aromatic carbocycles. The Bertz CT molecular complexity index is 1050. The van der Waals surface area contributed by atoms with Crippen LogP contribution in [0, 0.1) is 0 Å². The van der Waals surface area contributed by atoms with Crippen LogP contribution >= 0.6 is 24.0 Å². The van der Waals surface area contributed by atoms with Crippen molar-refractivity contribution in [2.45, 2.75) is 64.1 Å². The summed E-state index contributed by atoms with van der Waals surface area (Å²) in [5, 5.41) is 3.07. The lowest BCUT2D eigenvalue weighted by molar-refractivity contribution is -0.237. The number of thioether (sulfide) groups is 1. The van der Waals surface area contributed by atoms with E-state index in [0.717, 1.165) is 31.2 Å². The maximum Gasteiger partial charge on any atom is 0.303 e. The second-order valence-corrected chi connectivity index (χ2v) is 9.79. The first-order chi connectivity index (χ1) is 17.5. The van der Waals surface area contributed by atoms with Crippen LogP contribution < -0.4 is 14.8 Å². The molecule has 0 spiro atoms. The highest BCUT2D eigenvalue weighted by Crippen LogP contribution is 2.35. The lowest BCUT2D eigenvalue weighted by Gasteiger charge is -2.44. The van der Waals surface area contributed by atoms with Crippen LogP contribution in [0.4, 0.5) is 0 Å². The van der Waals surface area contributed by atoms with Crippen molar-refractivity contribution in [3.63, 3.8) is 0 Å². The molecule has 12 nitrogen and oxygen atoms in total. The second-order valence-electron chi connectivity index (χ2n) is 8.01. The number of carbonyl (C=O) groups is 4. The number of rotatable bonds is 8. The molecule has 3 rings (SSSR count). The van der Waals surface area contributed by atoms with E-state index in [1.165, 1.54) is 13.8 Å². The quantitative estimate of drug-likeness (QED) is 0.280. The summed E-state index contributed by atoms with van der Waals surface area (Å²) in [6.07, 6.45) is -4.72. The zero-order valence-corrected chi connectivity index (χ0v) is 22.2. The van der Waals surface area contributed by atoms with Crippen LogP contribution in [0.5, 0.6) is 11.5 Å². The smallest absolute Gasteiger partial charge is 0.303 e. The standard InChI is InChI=1S/C23H27NO11S2/c1-11(25)29-9-18-19(32-12(2)26)20(33-13(3)27)21(34-14(4)28)22(35-18)37-23(36)24-8-15-5-6-16-17(7-15)31-10-30-16/h5-7,18-22H,8-10H2,1-4H3,(H,24,36)/t18?,19-,20?,21?,22+/m1/s1. The number of benzene rings is 1. The molecule has 0 aliphatic carbocycles. The number of hydrogen-bond acceptors (Lipinski definition) is 13. The SMILES string of the molecule is CC(=O)OCC1O[C@@H](SC(=S)NCc2ccc3c(c2)OCO3)C(OC(C)=O)C(OC(C)=O)[C@@H]1OC(C)=O. The Morgan fingerprint density at radius 2 is 1.54 bits per heavy atom. The summed E-state index contributed by atoms with van der Waals surface area (Å²) >= 11 is 6.47. The number of fused-ring (bicyclic) bond motifs is 1. The molecule has 0 bridgehead atoms. The minimum atomic E-state index is -1.26. The fraction of sp³-hybridized carbons (Fsp3) is 0.522. The largest absolute Gasteiger partial charge is 0.463 e. The Hall–Kier alpha value is -3.10. The van der Waals surface area contributed by atoms with Crippen molar-refractivity contribution in [1.29, 1.82) is 0 Å². The summed E-state index contributed by atoms with van der Waals surface area (Å²) in [6.45, 7) is 4.88. The molecule has 1 fully saturated rings. The first-order valence-corrected chi connectivity index (χ1v) is 12.5. The monoisotopic (exact) mass is 557 g/mol. The molecule has 2 aliphatic heterocycles. The molecule has 0 radical (unpaired) electrons. The van der Waals surface area contributed by atoms with Crippen molar-refractivity contribution in [3.8, 4) is 11.5 Å². The van der Waals surface area contributed by atoms with E-state index in [0.29, 0.717) is 18.0 Å². The summed E-state index contributed by atoms with van der Waals surface area (Å²) in [5.74, 6) is -1.42. The average Bonchev–Trinajstić information content (AvgIpc) is 3.27. The van der Waals surface area contributed by atoms with Crippen molar-refractivity contribution in [1.82, 2.24) is 5.32 Å². The normalized spacial score (nSPS) is 23.9. The molecule has 2 aliphatic rings. The van der Waals surface area contributed by atoms with Gasteiger partial charge in [-0.25, -0.2) is 0 Å². The van der Waals surface area contributed by atoms with Gasteiger partial charge < -0.3 is 38.5 Å². The second kappa shape index (κ2) is 12.9. The molecule has 0 aromatic heterocycles. The first-order valence-electron chi connectivity index (χ1n) is 11.2. The van der Waals surface area contributed by atoms with Gasteiger partial charge in [0.2, 0.25) is 6.79 Å². The molecule has 0 amide bonds. The lowest BCUT2D eigenvalue weighted by atomic mass is 9.99. The highest BCUT2D eigenvalue weighted by Gasteiger charge is 2.52. The summed E-state index contributed by atoms with van der Waals surface area (Å²) in [6, 6.07) is 5.45. The van der Waals surface area contributed by atoms with Crippen LogP contribution in [0.2, 0.25) is 0 Å². The van der Waals surface area contributed by atoms with Crippen molar-refractivity contribution in [3.05, 3.63) is 23.8 Å². The number of thiocarbonyl (C=S) groups is 1. The molecular formula is C23H27NO11S2. The van der Waals surface area contributed by atoms with Crippen LogP contribution in [-0.2, 0) is 49.4 Å². The van der Waals surface area contributed by atoms with Gasteiger partial charge in [-0.3, -0.25) is 19.2 Å². The molecule has 37 heavy (non-hydrogen) atoms. The lowest BCUT2D eigenvalue weighted by Crippen LogP contribution is -2.61. The summed E-state index contributed by atoms with van der Waals surface area (Å²) < 4.78 is 38.3. The molecule has 5 atom stereocenters. The Kier molecular flexibility index (Phi) is 9.94. The Balaban J connectivity index is 1.79. The minimum Gasteiger partial charge on any atom is -0.463 e. The van der Waals surface area contributed by atoms with Gasteiger partial charge in [-0.05, 0) is 17.7 Å².